The number of para-hydroxylation sites is 3. The maximum absolute atomic E-state index is 11.1. The molecule has 1 aromatic heterocycles. The first-order chi connectivity index (χ1) is 11.7. The van der Waals surface area contributed by atoms with E-state index in [1.165, 1.54) is 0 Å². The molecule has 0 aliphatic heterocycles. The summed E-state index contributed by atoms with van der Waals surface area (Å²) in [6.45, 7) is 3.38. The molecule has 0 aliphatic rings. The van der Waals surface area contributed by atoms with Gasteiger partial charge in [0, 0.05) is 6.54 Å². The van der Waals surface area contributed by atoms with E-state index >= 15 is 0 Å². The fourth-order valence-corrected chi connectivity index (χ4v) is 2.80. The number of benzene rings is 2. The molecule has 0 saturated carbocycles. The summed E-state index contributed by atoms with van der Waals surface area (Å²) in [6, 6.07) is 14.8. The number of aromatic nitrogens is 2. The molecule has 0 spiro atoms. The molecule has 5 heteroatoms. The van der Waals surface area contributed by atoms with Crippen molar-refractivity contribution in [2.45, 2.75) is 26.3 Å². The first kappa shape index (κ1) is 16.1. The Morgan fingerprint density at radius 2 is 1.88 bits per heavy atom. The van der Waals surface area contributed by atoms with Crippen molar-refractivity contribution in [2.75, 3.05) is 6.61 Å². The molecular formula is C19H20N2O3. The van der Waals surface area contributed by atoms with Crippen LogP contribution in [0.1, 0.15) is 29.0 Å². The van der Waals surface area contributed by atoms with Crippen LogP contribution in [0.15, 0.2) is 48.5 Å². The number of hydrogen-bond donors (Lipinski definition) is 1. The molecule has 24 heavy (non-hydrogen) atoms. The number of unbranched alkanes of at least 4 members (excludes halogenated alkanes) is 1. The highest BCUT2D eigenvalue weighted by atomic mass is 16.5. The van der Waals surface area contributed by atoms with Gasteiger partial charge in [0.05, 0.1) is 17.6 Å². The van der Waals surface area contributed by atoms with Gasteiger partial charge < -0.3 is 14.4 Å². The summed E-state index contributed by atoms with van der Waals surface area (Å²) in [4.78, 5) is 15.7. The number of carboxylic acid groups (broad SMARTS) is 1. The Hall–Kier alpha value is -2.82. The minimum atomic E-state index is -0.967. The standard InChI is InChI=1S/C19H20N2O3/c1-14-20-16-9-3-4-10-17(16)21(14)12-6-7-13-24-18-11-5-2-8-15(18)19(22)23/h2-5,8-11H,6-7,12-13H2,1H3,(H,22,23). The minimum Gasteiger partial charge on any atom is -0.493 e. The van der Waals surface area contributed by atoms with Crippen molar-refractivity contribution >= 4 is 17.0 Å². The van der Waals surface area contributed by atoms with E-state index in [0.29, 0.717) is 12.4 Å². The fraction of sp³-hybridized carbons (Fsp3) is 0.263. The first-order valence-corrected chi connectivity index (χ1v) is 8.04. The van der Waals surface area contributed by atoms with Crippen molar-refractivity contribution in [1.29, 1.82) is 0 Å². The van der Waals surface area contributed by atoms with Gasteiger partial charge in [0.25, 0.3) is 0 Å². The van der Waals surface area contributed by atoms with E-state index in [1.54, 1.807) is 24.3 Å². The highest BCUT2D eigenvalue weighted by Gasteiger charge is 2.10. The van der Waals surface area contributed by atoms with Crippen molar-refractivity contribution in [1.82, 2.24) is 9.55 Å². The highest BCUT2D eigenvalue weighted by Crippen LogP contribution is 2.19. The summed E-state index contributed by atoms with van der Waals surface area (Å²) in [5.41, 5.74) is 2.36. The monoisotopic (exact) mass is 324 g/mol. The summed E-state index contributed by atoms with van der Waals surface area (Å²) in [5, 5.41) is 9.13. The predicted molar refractivity (Wildman–Crippen MR) is 92.6 cm³/mol. The summed E-state index contributed by atoms with van der Waals surface area (Å²) in [6.07, 6.45) is 1.79. The van der Waals surface area contributed by atoms with Gasteiger partial charge in [-0.15, -0.1) is 0 Å². The summed E-state index contributed by atoms with van der Waals surface area (Å²) < 4.78 is 7.84. The number of aromatic carboxylic acids is 1. The van der Waals surface area contributed by atoms with E-state index in [0.717, 1.165) is 36.2 Å². The molecule has 2 aromatic carbocycles. The van der Waals surface area contributed by atoms with Crippen LogP contribution in [0.4, 0.5) is 0 Å². The van der Waals surface area contributed by atoms with Crippen LogP contribution in [-0.2, 0) is 6.54 Å². The third-order valence-corrected chi connectivity index (χ3v) is 4.00. The lowest BCUT2D eigenvalue weighted by molar-refractivity contribution is 0.0692. The van der Waals surface area contributed by atoms with Gasteiger partial charge in [0.2, 0.25) is 0 Å². The number of carbonyl (C=O) groups is 1. The second kappa shape index (κ2) is 7.17. The van der Waals surface area contributed by atoms with E-state index in [4.69, 9.17) is 9.84 Å². The SMILES string of the molecule is Cc1nc2ccccc2n1CCCCOc1ccccc1C(=O)O. The maximum Gasteiger partial charge on any atom is 0.339 e. The zero-order valence-corrected chi connectivity index (χ0v) is 13.6. The summed E-state index contributed by atoms with van der Waals surface area (Å²) in [5.74, 6) is 0.466. The smallest absolute Gasteiger partial charge is 0.339 e. The quantitative estimate of drug-likeness (QED) is 0.669. The van der Waals surface area contributed by atoms with Crippen LogP contribution in [0.2, 0.25) is 0 Å². The molecular weight excluding hydrogens is 304 g/mol. The van der Waals surface area contributed by atoms with E-state index in [2.05, 4.69) is 15.6 Å². The second-order valence-electron chi connectivity index (χ2n) is 5.66. The van der Waals surface area contributed by atoms with Gasteiger partial charge in [-0.25, -0.2) is 9.78 Å². The van der Waals surface area contributed by atoms with Gasteiger partial charge in [0.15, 0.2) is 0 Å². The molecule has 0 atom stereocenters. The molecule has 3 aromatic rings. The van der Waals surface area contributed by atoms with Gasteiger partial charge in [-0.05, 0) is 44.0 Å². The average molecular weight is 324 g/mol. The van der Waals surface area contributed by atoms with Gasteiger partial charge in [0.1, 0.15) is 17.1 Å². The highest BCUT2D eigenvalue weighted by molar-refractivity contribution is 5.90. The lowest BCUT2D eigenvalue weighted by Gasteiger charge is -2.10. The number of ether oxygens (including phenoxy) is 1. The van der Waals surface area contributed by atoms with E-state index < -0.39 is 5.97 Å². The molecule has 0 saturated heterocycles. The Morgan fingerprint density at radius 3 is 2.71 bits per heavy atom. The number of nitrogens with zero attached hydrogens (tertiary/aromatic N) is 2. The molecule has 0 amide bonds. The summed E-state index contributed by atoms with van der Waals surface area (Å²) in [7, 11) is 0. The molecule has 0 aliphatic carbocycles. The molecule has 0 fully saturated rings. The van der Waals surface area contributed by atoms with Crippen molar-refractivity contribution in [3.8, 4) is 5.75 Å². The zero-order chi connectivity index (χ0) is 16.9. The number of hydrogen-bond acceptors (Lipinski definition) is 3. The van der Waals surface area contributed by atoms with Crippen LogP contribution >= 0.6 is 0 Å². The Bertz CT molecular complexity index is 855. The third-order valence-electron chi connectivity index (χ3n) is 4.00. The van der Waals surface area contributed by atoms with Crippen molar-refractivity contribution in [3.63, 3.8) is 0 Å². The molecule has 0 radical (unpaired) electrons. The van der Waals surface area contributed by atoms with Crippen LogP contribution in [-0.4, -0.2) is 27.2 Å². The van der Waals surface area contributed by atoms with Crippen LogP contribution in [0.5, 0.6) is 5.75 Å². The Kier molecular flexibility index (Phi) is 4.79. The van der Waals surface area contributed by atoms with E-state index in [1.807, 2.05) is 25.1 Å². The molecule has 0 bridgehead atoms. The molecule has 5 nitrogen and oxygen atoms in total. The largest absolute Gasteiger partial charge is 0.493 e. The van der Waals surface area contributed by atoms with Gasteiger partial charge >= 0.3 is 5.97 Å². The summed E-state index contributed by atoms with van der Waals surface area (Å²) >= 11 is 0. The van der Waals surface area contributed by atoms with Crippen molar-refractivity contribution in [3.05, 3.63) is 59.9 Å². The van der Waals surface area contributed by atoms with Crippen LogP contribution < -0.4 is 4.74 Å². The fourth-order valence-electron chi connectivity index (χ4n) is 2.80. The van der Waals surface area contributed by atoms with Crippen LogP contribution in [0.3, 0.4) is 0 Å². The lowest BCUT2D eigenvalue weighted by Crippen LogP contribution is -2.06. The number of carboxylic acids is 1. The van der Waals surface area contributed by atoms with Gasteiger partial charge in [-0.2, -0.15) is 0 Å². The normalized spacial score (nSPS) is 10.9. The maximum atomic E-state index is 11.1. The van der Waals surface area contributed by atoms with Gasteiger partial charge in [-0.1, -0.05) is 24.3 Å². The molecule has 1 N–H and O–H groups in total. The Morgan fingerprint density at radius 1 is 1.12 bits per heavy atom. The molecule has 0 unspecified atom stereocenters. The molecule has 3 rings (SSSR count). The van der Waals surface area contributed by atoms with Crippen molar-refractivity contribution < 1.29 is 14.6 Å². The number of fused-ring (bicyclic) bond motifs is 1. The lowest BCUT2D eigenvalue weighted by atomic mass is 10.2. The Balaban J connectivity index is 1.54. The number of rotatable bonds is 7. The average Bonchev–Trinajstić information content (AvgIpc) is 2.90. The predicted octanol–water partition coefficient (Wildman–Crippen LogP) is 3.90. The van der Waals surface area contributed by atoms with Crippen molar-refractivity contribution in [2.24, 2.45) is 0 Å². The topological polar surface area (TPSA) is 64.4 Å². The number of aryl methyl sites for hydroxylation is 2. The third kappa shape index (κ3) is 3.40. The zero-order valence-electron chi connectivity index (χ0n) is 13.6. The van der Waals surface area contributed by atoms with E-state index in [-0.39, 0.29) is 5.56 Å². The van der Waals surface area contributed by atoms with Crippen LogP contribution in [0, 0.1) is 6.92 Å². The van der Waals surface area contributed by atoms with E-state index in [9.17, 15) is 4.79 Å². The first-order valence-electron chi connectivity index (χ1n) is 8.04. The Labute approximate surface area is 140 Å². The number of imidazole rings is 1. The van der Waals surface area contributed by atoms with Gasteiger partial charge in [-0.3, -0.25) is 0 Å². The molecule has 124 valence electrons. The molecule has 1 heterocycles. The second-order valence-corrected chi connectivity index (χ2v) is 5.66. The van der Waals surface area contributed by atoms with Crippen LogP contribution in [0.25, 0.3) is 11.0 Å². The minimum absolute atomic E-state index is 0.203.